The van der Waals surface area contributed by atoms with Gasteiger partial charge in [0.2, 0.25) is 0 Å². The number of rotatable bonds is 3. The van der Waals surface area contributed by atoms with Crippen LogP contribution in [0.1, 0.15) is 11.1 Å². The zero-order valence-corrected chi connectivity index (χ0v) is 17.6. The van der Waals surface area contributed by atoms with E-state index in [0.29, 0.717) is 11.5 Å². The van der Waals surface area contributed by atoms with Crippen LogP contribution in [0.5, 0.6) is 0 Å². The number of fused-ring (bicyclic) bond motifs is 1. The molecule has 30 heavy (non-hydrogen) atoms. The van der Waals surface area contributed by atoms with Crippen molar-refractivity contribution in [3.8, 4) is 0 Å². The average Bonchev–Trinajstić information content (AvgIpc) is 3.11. The third kappa shape index (κ3) is 3.36. The number of carbonyl (C=O) groups is 1. The zero-order chi connectivity index (χ0) is 20.5. The summed E-state index contributed by atoms with van der Waals surface area (Å²) in [4.78, 5) is 19.9. The van der Waals surface area contributed by atoms with Gasteiger partial charge in [0, 0.05) is 10.0 Å². The Kier molecular flexibility index (Phi) is 4.77. The molecule has 0 atom stereocenters. The molecule has 4 aromatic carbocycles. The van der Waals surface area contributed by atoms with Crippen molar-refractivity contribution in [3.05, 3.63) is 118 Å². The molecule has 0 spiro atoms. The Morgan fingerprint density at radius 3 is 2.27 bits per heavy atom. The van der Waals surface area contributed by atoms with E-state index in [1.165, 1.54) is 0 Å². The van der Waals surface area contributed by atoms with Crippen molar-refractivity contribution >= 4 is 50.2 Å². The monoisotopic (exact) mass is 452 g/mol. The summed E-state index contributed by atoms with van der Waals surface area (Å²) in [6.45, 7) is 0. The number of amidine groups is 1. The van der Waals surface area contributed by atoms with Crippen LogP contribution in [0.4, 0.5) is 5.69 Å². The van der Waals surface area contributed by atoms with E-state index in [2.05, 4.69) is 34.1 Å². The van der Waals surface area contributed by atoms with E-state index in [1.54, 1.807) is 4.90 Å². The molecule has 4 heteroatoms. The first-order valence-electron chi connectivity index (χ1n) is 9.64. The zero-order valence-electron chi connectivity index (χ0n) is 16.0. The van der Waals surface area contributed by atoms with E-state index in [-0.39, 0.29) is 5.91 Å². The third-order valence-corrected chi connectivity index (χ3v) is 5.62. The Labute approximate surface area is 183 Å². The molecule has 1 aliphatic rings. The minimum Gasteiger partial charge on any atom is -0.266 e. The Morgan fingerprint density at radius 2 is 1.47 bits per heavy atom. The largest absolute Gasteiger partial charge is 0.282 e. The highest BCUT2D eigenvalue weighted by Gasteiger charge is 2.32. The predicted octanol–water partition coefficient (Wildman–Crippen LogP) is 6.44. The number of halogens is 1. The molecule has 144 valence electrons. The fourth-order valence-corrected chi connectivity index (χ4v) is 3.92. The summed E-state index contributed by atoms with van der Waals surface area (Å²) in [7, 11) is 0. The van der Waals surface area contributed by atoms with E-state index in [1.807, 2.05) is 84.9 Å². The average molecular weight is 453 g/mol. The lowest BCUT2D eigenvalue weighted by Crippen LogP contribution is -2.32. The van der Waals surface area contributed by atoms with Gasteiger partial charge in [-0.15, -0.1) is 0 Å². The van der Waals surface area contributed by atoms with Gasteiger partial charge in [0.15, 0.2) is 0 Å². The summed E-state index contributed by atoms with van der Waals surface area (Å²) in [5.74, 6) is 0.499. The molecular formula is C26H17BrN2O. The van der Waals surface area contributed by atoms with E-state index < -0.39 is 0 Å². The summed E-state index contributed by atoms with van der Waals surface area (Å²) in [6, 6.07) is 31.7. The SMILES string of the molecule is O=C1/C(=C\c2cccc3ccccc23)N=C(c2ccccc2)N1c1ccc(Br)cc1. The van der Waals surface area contributed by atoms with Gasteiger partial charge in [-0.2, -0.15) is 0 Å². The van der Waals surface area contributed by atoms with Gasteiger partial charge in [-0.1, -0.05) is 88.7 Å². The highest BCUT2D eigenvalue weighted by Crippen LogP contribution is 2.30. The Morgan fingerprint density at radius 1 is 0.767 bits per heavy atom. The maximum Gasteiger partial charge on any atom is 0.282 e. The lowest BCUT2D eigenvalue weighted by atomic mass is 10.0. The van der Waals surface area contributed by atoms with E-state index in [4.69, 9.17) is 4.99 Å². The molecule has 0 saturated heterocycles. The summed E-state index contributed by atoms with van der Waals surface area (Å²) in [5.41, 5.74) is 3.08. The summed E-state index contributed by atoms with van der Waals surface area (Å²) in [6.07, 6.45) is 1.88. The summed E-state index contributed by atoms with van der Waals surface area (Å²) < 4.78 is 0.961. The van der Waals surface area contributed by atoms with Crippen LogP contribution in [-0.4, -0.2) is 11.7 Å². The number of amides is 1. The number of hydrogen-bond donors (Lipinski definition) is 0. The molecule has 0 aliphatic carbocycles. The van der Waals surface area contributed by atoms with Crippen LogP contribution in [0, 0.1) is 0 Å². The van der Waals surface area contributed by atoms with Crippen LogP contribution in [0.25, 0.3) is 16.8 Å². The number of benzene rings is 4. The fourth-order valence-electron chi connectivity index (χ4n) is 3.65. The van der Waals surface area contributed by atoms with Crippen LogP contribution >= 0.6 is 15.9 Å². The highest BCUT2D eigenvalue weighted by atomic mass is 79.9. The first-order valence-corrected chi connectivity index (χ1v) is 10.4. The van der Waals surface area contributed by atoms with Gasteiger partial charge < -0.3 is 0 Å². The normalized spacial score (nSPS) is 15.1. The molecule has 0 unspecified atom stereocenters. The molecule has 1 heterocycles. The number of hydrogen-bond acceptors (Lipinski definition) is 2. The van der Waals surface area contributed by atoms with Gasteiger partial charge in [0.05, 0.1) is 5.69 Å². The van der Waals surface area contributed by atoms with Crippen molar-refractivity contribution < 1.29 is 4.79 Å². The predicted molar refractivity (Wildman–Crippen MR) is 127 cm³/mol. The lowest BCUT2D eigenvalue weighted by Gasteiger charge is -2.18. The maximum absolute atomic E-state index is 13.4. The lowest BCUT2D eigenvalue weighted by molar-refractivity contribution is -0.113. The van der Waals surface area contributed by atoms with Gasteiger partial charge in [0.25, 0.3) is 5.91 Å². The second kappa shape index (κ2) is 7.73. The Hall–Kier alpha value is -3.50. The highest BCUT2D eigenvalue weighted by molar-refractivity contribution is 9.10. The second-order valence-electron chi connectivity index (χ2n) is 7.02. The Bertz CT molecular complexity index is 1300. The smallest absolute Gasteiger partial charge is 0.266 e. The molecule has 4 aromatic rings. The molecule has 3 nitrogen and oxygen atoms in total. The molecule has 5 rings (SSSR count). The van der Waals surface area contributed by atoms with Crippen molar-refractivity contribution in [2.45, 2.75) is 0 Å². The van der Waals surface area contributed by atoms with Crippen LogP contribution in [0.3, 0.4) is 0 Å². The molecule has 1 aliphatic heterocycles. The minimum atomic E-state index is -0.135. The molecule has 0 N–H and O–H groups in total. The molecule has 0 fully saturated rings. The molecule has 0 aromatic heterocycles. The quantitative estimate of drug-likeness (QED) is 0.329. The van der Waals surface area contributed by atoms with Crippen molar-refractivity contribution in [2.75, 3.05) is 4.90 Å². The third-order valence-electron chi connectivity index (χ3n) is 5.09. The number of carbonyl (C=O) groups excluding carboxylic acids is 1. The van der Waals surface area contributed by atoms with Crippen LogP contribution in [-0.2, 0) is 4.79 Å². The maximum atomic E-state index is 13.4. The minimum absolute atomic E-state index is 0.135. The Balaban J connectivity index is 1.66. The molecule has 0 saturated carbocycles. The molecular weight excluding hydrogens is 436 g/mol. The van der Waals surface area contributed by atoms with Crippen LogP contribution in [0.2, 0.25) is 0 Å². The molecule has 0 radical (unpaired) electrons. The van der Waals surface area contributed by atoms with Gasteiger partial charge in [0.1, 0.15) is 11.5 Å². The van der Waals surface area contributed by atoms with E-state index >= 15 is 0 Å². The van der Waals surface area contributed by atoms with Crippen LogP contribution in [0.15, 0.2) is 112 Å². The van der Waals surface area contributed by atoms with E-state index in [9.17, 15) is 4.79 Å². The number of nitrogens with zero attached hydrogens (tertiary/aromatic N) is 2. The second-order valence-corrected chi connectivity index (χ2v) is 7.93. The van der Waals surface area contributed by atoms with Gasteiger partial charge >= 0.3 is 0 Å². The topological polar surface area (TPSA) is 32.7 Å². The van der Waals surface area contributed by atoms with Crippen molar-refractivity contribution in [2.24, 2.45) is 4.99 Å². The fraction of sp³-hybridized carbons (Fsp3) is 0. The van der Waals surface area contributed by atoms with Crippen molar-refractivity contribution in [1.82, 2.24) is 0 Å². The summed E-state index contributed by atoms with van der Waals surface area (Å²) in [5, 5.41) is 2.23. The number of aliphatic imine (C=N–C) groups is 1. The molecule has 0 bridgehead atoms. The van der Waals surface area contributed by atoms with Crippen LogP contribution < -0.4 is 4.90 Å². The van der Waals surface area contributed by atoms with Crippen molar-refractivity contribution in [1.29, 1.82) is 0 Å². The van der Waals surface area contributed by atoms with Gasteiger partial charge in [-0.05, 0) is 46.7 Å². The summed E-state index contributed by atoms with van der Waals surface area (Å²) >= 11 is 3.46. The first-order chi connectivity index (χ1) is 14.7. The first kappa shape index (κ1) is 18.5. The van der Waals surface area contributed by atoms with Crippen molar-refractivity contribution in [3.63, 3.8) is 0 Å². The standard InChI is InChI=1S/C26H17BrN2O/c27-21-13-15-22(16-14-21)29-25(19-8-2-1-3-9-19)28-24(26(29)30)17-20-11-6-10-18-7-4-5-12-23(18)20/h1-17H/b24-17+. The van der Waals surface area contributed by atoms with Gasteiger partial charge in [-0.25, -0.2) is 4.99 Å². The molecule has 1 amide bonds. The number of anilines is 1. The van der Waals surface area contributed by atoms with E-state index in [0.717, 1.165) is 32.1 Å². The van der Waals surface area contributed by atoms with Gasteiger partial charge in [-0.3, -0.25) is 9.69 Å².